The molecule has 29 heavy (non-hydrogen) atoms. The highest BCUT2D eigenvalue weighted by Gasteiger charge is 2.32. The molecule has 0 unspecified atom stereocenters. The standard InChI is InChI=1S/C24H18Cl2N2O/c1-15-3-7-17(8-4-15)23-27-22(13-18-9-10-19(25)14-21(18)26)24(29)28(23)20-11-5-16(2)6-12-20/h3-14H,1-2H3/b22-13+. The SMILES string of the molecule is Cc1ccc(C2=N/C(=C/c3ccc(Cl)cc3Cl)C(=O)N2c2ccc(C)cc2)cc1. The minimum atomic E-state index is -0.199. The first-order valence-corrected chi connectivity index (χ1v) is 9.91. The van der Waals surface area contributed by atoms with Crippen molar-refractivity contribution in [2.75, 3.05) is 4.90 Å². The van der Waals surface area contributed by atoms with Crippen molar-refractivity contribution in [3.8, 4) is 0 Å². The highest BCUT2D eigenvalue weighted by molar-refractivity contribution is 6.36. The minimum Gasteiger partial charge on any atom is -0.266 e. The lowest BCUT2D eigenvalue weighted by atomic mass is 10.1. The van der Waals surface area contributed by atoms with Crippen molar-refractivity contribution >= 4 is 46.7 Å². The lowest BCUT2D eigenvalue weighted by Crippen LogP contribution is -2.32. The lowest BCUT2D eigenvalue weighted by molar-refractivity contribution is -0.113. The number of aliphatic imine (C=N–C) groups is 1. The summed E-state index contributed by atoms with van der Waals surface area (Å²) in [6.07, 6.45) is 1.70. The fraction of sp³-hybridized carbons (Fsp3) is 0.0833. The summed E-state index contributed by atoms with van der Waals surface area (Å²) in [6, 6.07) is 20.9. The predicted molar refractivity (Wildman–Crippen MR) is 121 cm³/mol. The van der Waals surface area contributed by atoms with Gasteiger partial charge in [0.25, 0.3) is 5.91 Å². The van der Waals surface area contributed by atoms with Crippen molar-refractivity contribution in [2.45, 2.75) is 13.8 Å². The monoisotopic (exact) mass is 420 g/mol. The zero-order valence-corrected chi connectivity index (χ0v) is 17.5. The van der Waals surface area contributed by atoms with Gasteiger partial charge in [-0.05, 0) is 49.8 Å². The number of aryl methyl sites for hydroxylation is 2. The van der Waals surface area contributed by atoms with E-state index in [-0.39, 0.29) is 5.91 Å². The van der Waals surface area contributed by atoms with Crippen LogP contribution in [-0.2, 0) is 4.79 Å². The number of anilines is 1. The Morgan fingerprint density at radius 3 is 2.10 bits per heavy atom. The van der Waals surface area contributed by atoms with E-state index in [0.717, 1.165) is 22.4 Å². The third kappa shape index (κ3) is 3.98. The topological polar surface area (TPSA) is 32.7 Å². The van der Waals surface area contributed by atoms with Gasteiger partial charge in [0.1, 0.15) is 11.5 Å². The van der Waals surface area contributed by atoms with Crippen LogP contribution in [0.3, 0.4) is 0 Å². The molecular formula is C24H18Cl2N2O. The van der Waals surface area contributed by atoms with Crippen molar-refractivity contribution in [1.82, 2.24) is 0 Å². The largest absolute Gasteiger partial charge is 0.282 e. The lowest BCUT2D eigenvalue weighted by Gasteiger charge is -2.19. The first-order valence-electron chi connectivity index (χ1n) is 9.16. The van der Waals surface area contributed by atoms with E-state index in [1.807, 2.05) is 62.4 Å². The zero-order valence-electron chi connectivity index (χ0n) is 16.0. The van der Waals surface area contributed by atoms with Gasteiger partial charge in [0.05, 0.1) is 5.69 Å². The van der Waals surface area contributed by atoms with Crippen molar-refractivity contribution in [1.29, 1.82) is 0 Å². The number of halogens is 2. The molecule has 1 aliphatic heterocycles. The van der Waals surface area contributed by atoms with Crippen molar-refractivity contribution in [2.24, 2.45) is 4.99 Å². The molecule has 0 atom stereocenters. The predicted octanol–water partition coefficient (Wildman–Crippen LogP) is 6.44. The van der Waals surface area contributed by atoms with Crippen LogP contribution in [0.1, 0.15) is 22.3 Å². The van der Waals surface area contributed by atoms with Crippen LogP contribution >= 0.6 is 23.2 Å². The van der Waals surface area contributed by atoms with Gasteiger partial charge in [-0.3, -0.25) is 9.69 Å². The number of hydrogen-bond donors (Lipinski definition) is 0. The maximum absolute atomic E-state index is 13.3. The molecule has 3 nitrogen and oxygen atoms in total. The Kier molecular flexibility index (Phi) is 5.27. The molecule has 0 fully saturated rings. The molecule has 0 aromatic heterocycles. The van der Waals surface area contributed by atoms with Crippen LogP contribution in [0.5, 0.6) is 0 Å². The number of amidine groups is 1. The normalized spacial score (nSPS) is 15.2. The molecule has 0 spiro atoms. The maximum Gasteiger partial charge on any atom is 0.282 e. The van der Waals surface area contributed by atoms with Gasteiger partial charge >= 0.3 is 0 Å². The average molecular weight is 421 g/mol. The van der Waals surface area contributed by atoms with Gasteiger partial charge in [-0.1, -0.05) is 76.8 Å². The molecule has 3 aromatic rings. The van der Waals surface area contributed by atoms with Crippen molar-refractivity contribution in [3.63, 3.8) is 0 Å². The Morgan fingerprint density at radius 2 is 1.48 bits per heavy atom. The Morgan fingerprint density at radius 1 is 0.862 bits per heavy atom. The van der Waals surface area contributed by atoms with Crippen LogP contribution in [0.2, 0.25) is 10.0 Å². The summed E-state index contributed by atoms with van der Waals surface area (Å²) in [5.74, 6) is 0.394. The second-order valence-electron chi connectivity index (χ2n) is 6.97. The molecule has 0 aliphatic carbocycles. The molecule has 4 rings (SSSR count). The van der Waals surface area contributed by atoms with Crippen LogP contribution in [0.4, 0.5) is 5.69 Å². The van der Waals surface area contributed by atoms with E-state index in [9.17, 15) is 4.79 Å². The molecule has 0 N–H and O–H groups in total. The molecule has 144 valence electrons. The third-order valence-corrected chi connectivity index (χ3v) is 5.28. The Balaban J connectivity index is 1.83. The molecule has 5 heteroatoms. The van der Waals surface area contributed by atoms with Crippen LogP contribution in [0.25, 0.3) is 6.08 Å². The summed E-state index contributed by atoms with van der Waals surface area (Å²) >= 11 is 12.3. The number of amides is 1. The van der Waals surface area contributed by atoms with Gasteiger partial charge in [0.2, 0.25) is 0 Å². The second kappa shape index (κ2) is 7.86. The molecule has 0 saturated carbocycles. The second-order valence-corrected chi connectivity index (χ2v) is 7.82. The van der Waals surface area contributed by atoms with Gasteiger partial charge in [-0.2, -0.15) is 0 Å². The van der Waals surface area contributed by atoms with Gasteiger partial charge < -0.3 is 0 Å². The zero-order chi connectivity index (χ0) is 20.5. The van der Waals surface area contributed by atoms with E-state index >= 15 is 0 Å². The molecule has 1 amide bonds. The van der Waals surface area contributed by atoms with Crippen LogP contribution in [0, 0.1) is 13.8 Å². The van der Waals surface area contributed by atoms with Crippen LogP contribution < -0.4 is 4.90 Å². The quantitative estimate of drug-likeness (QED) is 0.448. The van der Waals surface area contributed by atoms with E-state index in [1.165, 1.54) is 0 Å². The van der Waals surface area contributed by atoms with Gasteiger partial charge in [0, 0.05) is 15.6 Å². The third-order valence-electron chi connectivity index (χ3n) is 4.72. The fourth-order valence-electron chi connectivity index (χ4n) is 3.11. The Bertz CT molecular complexity index is 1150. The molecule has 3 aromatic carbocycles. The molecule has 0 radical (unpaired) electrons. The van der Waals surface area contributed by atoms with Crippen molar-refractivity contribution in [3.05, 3.63) is 105 Å². The minimum absolute atomic E-state index is 0.199. The van der Waals surface area contributed by atoms with Gasteiger partial charge in [-0.15, -0.1) is 0 Å². The highest BCUT2D eigenvalue weighted by atomic mass is 35.5. The molecule has 0 bridgehead atoms. The summed E-state index contributed by atoms with van der Waals surface area (Å²) in [5.41, 5.74) is 4.92. The number of nitrogens with zero attached hydrogens (tertiary/aromatic N) is 2. The van der Waals surface area contributed by atoms with Crippen LogP contribution in [0.15, 0.2) is 77.4 Å². The Hall–Kier alpha value is -2.88. The molecular weight excluding hydrogens is 403 g/mol. The summed E-state index contributed by atoms with van der Waals surface area (Å²) in [4.78, 5) is 19.6. The highest BCUT2D eigenvalue weighted by Crippen LogP contribution is 2.30. The van der Waals surface area contributed by atoms with E-state index in [4.69, 9.17) is 23.2 Å². The van der Waals surface area contributed by atoms with E-state index in [0.29, 0.717) is 27.1 Å². The summed E-state index contributed by atoms with van der Waals surface area (Å²) in [6.45, 7) is 4.04. The van der Waals surface area contributed by atoms with Gasteiger partial charge in [-0.25, -0.2) is 4.99 Å². The number of carbonyl (C=O) groups is 1. The summed E-state index contributed by atoms with van der Waals surface area (Å²) in [7, 11) is 0. The van der Waals surface area contributed by atoms with E-state index < -0.39 is 0 Å². The Labute approximate surface area is 179 Å². The average Bonchev–Trinajstić information content (AvgIpc) is 3.01. The summed E-state index contributed by atoms with van der Waals surface area (Å²) < 4.78 is 0. The maximum atomic E-state index is 13.3. The number of benzene rings is 3. The van der Waals surface area contributed by atoms with Gasteiger partial charge in [0.15, 0.2) is 0 Å². The number of rotatable bonds is 3. The summed E-state index contributed by atoms with van der Waals surface area (Å²) in [5, 5.41) is 1.01. The van der Waals surface area contributed by atoms with E-state index in [2.05, 4.69) is 4.99 Å². The van der Waals surface area contributed by atoms with E-state index in [1.54, 1.807) is 29.2 Å². The molecule has 0 saturated heterocycles. The first-order chi connectivity index (χ1) is 13.9. The number of hydrogen-bond acceptors (Lipinski definition) is 2. The molecule has 1 aliphatic rings. The molecule has 1 heterocycles. The first kappa shape index (κ1) is 19.4. The van der Waals surface area contributed by atoms with Crippen LogP contribution in [-0.4, -0.2) is 11.7 Å². The van der Waals surface area contributed by atoms with Crippen molar-refractivity contribution < 1.29 is 4.79 Å². The number of carbonyl (C=O) groups excluding carboxylic acids is 1. The fourth-order valence-corrected chi connectivity index (χ4v) is 3.58. The smallest absolute Gasteiger partial charge is 0.266 e.